The van der Waals surface area contributed by atoms with Crippen LogP contribution in [0, 0.1) is 5.92 Å². The van der Waals surface area contributed by atoms with Crippen LogP contribution in [0.5, 0.6) is 0 Å². The van der Waals surface area contributed by atoms with Gasteiger partial charge in [-0.25, -0.2) is 4.98 Å². The summed E-state index contributed by atoms with van der Waals surface area (Å²) < 4.78 is 0. The van der Waals surface area contributed by atoms with Gasteiger partial charge in [-0.1, -0.05) is 62.4 Å². The van der Waals surface area contributed by atoms with E-state index in [4.69, 9.17) is 0 Å². The SMILES string of the molecule is O=C(Cc1ccc(/C=C/C(=O)c2ncc[nH]2)cc1)CC1CCCCC1. The molecule has 130 valence electrons. The monoisotopic (exact) mass is 336 g/mol. The molecule has 2 aromatic rings. The molecule has 0 saturated heterocycles. The third kappa shape index (κ3) is 5.24. The van der Waals surface area contributed by atoms with E-state index in [9.17, 15) is 9.59 Å². The van der Waals surface area contributed by atoms with Gasteiger partial charge in [0, 0.05) is 25.2 Å². The van der Waals surface area contributed by atoms with Gasteiger partial charge < -0.3 is 4.98 Å². The van der Waals surface area contributed by atoms with Crippen LogP contribution in [-0.2, 0) is 11.2 Å². The van der Waals surface area contributed by atoms with Crippen LogP contribution in [0.15, 0.2) is 42.7 Å². The minimum absolute atomic E-state index is 0.156. The lowest BCUT2D eigenvalue weighted by molar-refractivity contribution is -0.119. The van der Waals surface area contributed by atoms with Gasteiger partial charge in [0.25, 0.3) is 0 Å². The number of Topliss-reactive ketones (excluding diaryl/α,β-unsaturated/α-hetero) is 1. The smallest absolute Gasteiger partial charge is 0.221 e. The fraction of sp³-hybridized carbons (Fsp3) is 0.381. The number of carbonyl (C=O) groups is 2. The lowest BCUT2D eigenvalue weighted by atomic mass is 9.85. The summed E-state index contributed by atoms with van der Waals surface area (Å²) in [6.45, 7) is 0. The number of imidazole rings is 1. The van der Waals surface area contributed by atoms with E-state index in [1.165, 1.54) is 38.2 Å². The molecule has 0 unspecified atom stereocenters. The van der Waals surface area contributed by atoms with Crippen LogP contribution >= 0.6 is 0 Å². The zero-order valence-corrected chi connectivity index (χ0v) is 14.4. The molecule has 0 atom stereocenters. The third-order valence-electron chi connectivity index (χ3n) is 4.78. The molecule has 0 spiro atoms. The first-order valence-corrected chi connectivity index (χ1v) is 9.03. The van der Waals surface area contributed by atoms with Crippen molar-refractivity contribution >= 4 is 17.6 Å². The Balaban J connectivity index is 1.51. The molecule has 1 aliphatic carbocycles. The lowest BCUT2D eigenvalue weighted by Gasteiger charge is -2.20. The van der Waals surface area contributed by atoms with E-state index < -0.39 is 0 Å². The van der Waals surface area contributed by atoms with Gasteiger partial charge in [-0.3, -0.25) is 9.59 Å². The highest BCUT2D eigenvalue weighted by Crippen LogP contribution is 2.26. The van der Waals surface area contributed by atoms with Gasteiger partial charge in [0.2, 0.25) is 5.78 Å². The maximum absolute atomic E-state index is 12.2. The standard InChI is InChI=1S/C21H24N2O2/c24-19(14-17-4-2-1-3-5-17)15-18-8-6-16(7-9-18)10-11-20(25)21-22-12-13-23-21/h6-13,17H,1-5,14-15H2,(H,22,23)/b11-10+. The number of hydrogen-bond acceptors (Lipinski definition) is 3. The molecule has 0 bridgehead atoms. The van der Waals surface area contributed by atoms with Gasteiger partial charge in [-0.15, -0.1) is 0 Å². The summed E-state index contributed by atoms with van der Waals surface area (Å²) >= 11 is 0. The van der Waals surface area contributed by atoms with Gasteiger partial charge in [0.05, 0.1) is 0 Å². The number of rotatable bonds is 7. The number of nitrogens with one attached hydrogen (secondary N) is 1. The zero-order chi connectivity index (χ0) is 17.5. The van der Waals surface area contributed by atoms with E-state index >= 15 is 0 Å². The van der Waals surface area contributed by atoms with E-state index in [1.807, 2.05) is 24.3 Å². The molecule has 3 rings (SSSR count). The molecule has 1 aromatic carbocycles. The number of nitrogens with zero attached hydrogens (tertiary/aromatic N) is 1. The Bertz CT molecular complexity index is 724. The maximum Gasteiger partial charge on any atom is 0.221 e. The topological polar surface area (TPSA) is 62.8 Å². The second-order valence-electron chi connectivity index (χ2n) is 6.80. The Morgan fingerprint density at radius 1 is 1.12 bits per heavy atom. The molecule has 4 nitrogen and oxygen atoms in total. The fourth-order valence-electron chi connectivity index (χ4n) is 3.41. The predicted molar refractivity (Wildman–Crippen MR) is 98.3 cm³/mol. The van der Waals surface area contributed by atoms with Crippen LogP contribution in [0.25, 0.3) is 6.08 Å². The van der Waals surface area contributed by atoms with Crippen molar-refractivity contribution in [1.29, 1.82) is 0 Å². The normalized spacial score (nSPS) is 15.5. The van der Waals surface area contributed by atoms with Crippen molar-refractivity contribution in [3.63, 3.8) is 0 Å². The Kier molecular flexibility index (Phi) is 5.94. The maximum atomic E-state index is 12.2. The molecular weight excluding hydrogens is 312 g/mol. The molecule has 1 fully saturated rings. The molecule has 1 N–H and O–H groups in total. The quantitative estimate of drug-likeness (QED) is 0.602. The summed E-state index contributed by atoms with van der Waals surface area (Å²) in [7, 11) is 0. The number of allylic oxidation sites excluding steroid dienone is 1. The van der Waals surface area contributed by atoms with Gasteiger partial charge in [-0.2, -0.15) is 0 Å². The molecule has 1 aromatic heterocycles. The van der Waals surface area contributed by atoms with E-state index in [-0.39, 0.29) is 5.78 Å². The minimum Gasteiger partial charge on any atom is -0.342 e. The Morgan fingerprint density at radius 2 is 1.88 bits per heavy atom. The summed E-state index contributed by atoms with van der Waals surface area (Å²) in [6.07, 6.45) is 14.0. The van der Waals surface area contributed by atoms with Crippen molar-refractivity contribution in [1.82, 2.24) is 9.97 Å². The summed E-state index contributed by atoms with van der Waals surface area (Å²) in [5.74, 6) is 1.11. The van der Waals surface area contributed by atoms with Crippen LogP contribution in [0.3, 0.4) is 0 Å². The van der Waals surface area contributed by atoms with Gasteiger partial charge in [-0.05, 0) is 23.1 Å². The average molecular weight is 336 g/mol. The van der Waals surface area contributed by atoms with Crippen LogP contribution in [0.4, 0.5) is 0 Å². The van der Waals surface area contributed by atoms with Crippen molar-refractivity contribution in [2.45, 2.75) is 44.9 Å². The first-order valence-electron chi connectivity index (χ1n) is 9.03. The molecule has 0 amide bonds. The first-order chi connectivity index (χ1) is 12.2. The second-order valence-corrected chi connectivity index (χ2v) is 6.80. The lowest BCUT2D eigenvalue weighted by Crippen LogP contribution is -2.13. The van der Waals surface area contributed by atoms with Crippen LogP contribution in [0.2, 0.25) is 0 Å². The molecule has 25 heavy (non-hydrogen) atoms. The van der Waals surface area contributed by atoms with E-state index in [0.717, 1.165) is 17.5 Å². The highest BCUT2D eigenvalue weighted by molar-refractivity contribution is 6.04. The Morgan fingerprint density at radius 3 is 2.56 bits per heavy atom. The fourth-order valence-corrected chi connectivity index (χ4v) is 3.41. The largest absolute Gasteiger partial charge is 0.342 e. The summed E-state index contributed by atoms with van der Waals surface area (Å²) in [5, 5.41) is 0. The van der Waals surface area contributed by atoms with E-state index in [0.29, 0.717) is 23.9 Å². The predicted octanol–water partition coefficient (Wildman–Crippen LogP) is 4.39. The number of ketones is 2. The van der Waals surface area contributed by atoms with Crippen molar-refractivity contribution in [3.05, 3.63) is 59.7 Å². The number of H-pyrrole nitrogens is 1. The minimum atomic E-state index is -0.156. The average Bonchev–Trinajstić information content (AvgIpc) is 3.16. The molecule has 1 saturated carbocycles. The van der Waals surface area contributed by atoms with Crippen molar-refractivity contribution in [2.75, 3.05) is 0 Å². The van der Waals surface area contributed by atoms with Crippen LogP contribution in [-0.4, -0.2) is 21.5 Å². The summed E-state index contributed by atoms with van der Waals surface area (Å²) in [5.41, 5.74) is 1.97. The van der Waals surface area contributed by atoms with Crippen molar-refractivity contribution in [2.24, 2.45) is 5.92 Å². The Hall–Kier alpha value is -2.49. The number of carbonyl (C=O) groups excluding carboxylic acids is 2. The number of benzene rings is 1. The molecule has 0 aliphatic heterocycles. The highest BCUT2D eigenvalue weighted by Gasteiger charge is 2.17. The molecule has 0 radical (unpaired) electrons. The van der Waals surface area contributed by atoms with Crippen molar-refractivity contribution < 1.29 is 9.59 Å². The van der Waals surface area contributed by atoms with E-state index in [1.54, 1.807) is 18.5 Å². The van der Waals surface area contributed by atoms with Crippen LogP contribution in [0.1, 0.15) is 60.3 Å². The van der Waals surface area contributed by atoms with Crippen molar-refractivity contribution in [3.8, 4) is 0 Å². The summed E-state index contributed by atoms with van der Waals surface area (Å²) in [6, 6.07) is 7.82. The highest BCUT2D eigenvalue weighted by atomic mass is 16.1. The first kappa shape index (κ1) is 17.3. The zero-order valence-electron chi connectivity index (χ0n) is 14.4. The van der Waals surface area contributed by atoms with E-state index in [2.05, 4.69) is 9.97 Å². The molecular formula is C21H24N2O2. The summed E-state index contributed by atoms with van der Waals surface area (Å²) in [4.78, 5) is 30.8. The van der Waals surface area contributed by atoms with Gasteiger partial charge in [0.1, 0.15) is 5.78 Å². The molecule has 1 aliphatic rings. The second kappa shape index (κ2) is 8.56. The van der Waals surface area contributed by atoms with Crippen LogP contribution < -0.4 is 0 Å². The number of hydrogen-bond donors (Lipinski definition) is 1. The van der Waals surface area contributed by atoms with Gasteiger partial charge in [0.15, 0.2) is 5.82 Å². The Labute approximate surface area is 148 Å². The molecule has 1 heterocycles. The van der Waals surface area contributed by atoms with Gasteiger partial charge >= 0.3 is 0 Å². The molecule has 4 heteroatoms. The number of aromatic amines is 1. The number of aromatic nitrogens is 2. The third-order valence-corrected chi connectivity index (χ3v) is 4.78.